The van der Waals surface area contributed by atoms with Crippen LogP contribution in [0.15, 0.2) is 6.20 Å². The molecule has 0 bridgehead atoms. The molecule has 4 nitrogen and oxygen atoms in total. The van der Waals surface area contributed by atoms with Crippen LogP contribution in [0, 0.1) is 0 Å². The quantitative estimate of drug-likeness (QED) is 0.657. The van der Waals surface area contributed by atoms with Gasteiger partial charge < -0.3 is 15.5 Å². The lowest BCUT2D eigenvalue weighted by Crippen LogP contribution is -2.03. The average molecular weight is 169 g/mol. The standard InChI is InChI=1S/C8H15N3O/c1-12-5-3-8-10-6-7(11-8)2-4-9/h6H,2-5,9H2,1H3,(H,10,11). The predicted molar refractivity (Wildman–Crippen MR) is 46.9 cm³/mol. The van der Waals surface area contributed by atoms with Crippen LogP contribution < -0.4 is 5.73 Å². The van der Waals surface area contributed by atoms with Crippen molar-refractivity contribution in [3.8, 4) is 0 Å². The summed E-state index contributed by atoms with van der Waals surface area (Å²) >= 11 is 0. The zero-order chi connectivity index (χ0) is 8.81. The van der Waals surface area contributed by atoms with Crippen LogP contribution in [-0.4, -0.2) is 30.2 Å². The second-order valence-electron chi connectivity index (χ2n) is 2.64. The first kappa shape index (κ1) is 9.22. The van der Waals surface area contributed by atoms with Gasteiger partial charge in [0.15, 0.2) is 0 Å². The Labute approximate surface area is 72.1 Å². The molecule has 0 unspecified atom stereocenters. The van der Waals surface area contributed by atoms with Crippen LogP contribution in [0.3, 0.4) is 0 Å². The summed E-state index contributed by atoms with van der Waals surface area (Å²) < 4.78 is 4.93. The average Bonchev–Trinajstić information content (AvgIpc) is 2.50. The van der Waals surface area contributed by atoms with Gasteiger partial charge >= 0.3 is 0 Å². The van der Waals surface area contributed by atoms with Gasteiger partial charge in [-0.25, -0.2) is 4.98 Å². The number of aromatic amines is 1. The van der Waals surface area contributed by atoms with Crippen LogP contribution in [0.4, 0.5) is 0 Å². The third-order valence-electron chi connectivity index (χ3n) is 1.64. The number of aromatic nitrogens is 2. The van der Waals surface area contributed by atoms with Gasteiger partial charge in [0.2, 0.25) is 0 Å². The third-order valence-corrected chi connectivity index (χ3v) is 1.64. The zero-order valence-corrected chi connectivity index (χ0v) is 7.34. The number of hydrogen-bond acceptors (Lipinski definition) is 3. The fraction of sp³-hybridized carbons (Fsp3) is 0.625. The van der Waals surface area contributed by atoms with E-state index in [-0.39, 0.29) is 0 Å². The Bertz CT molecular complexity index is 222. The molecule has 68 valence electrons. The Morgan fingerprint density at radius 3 is 3.08 bits per heavy atom. The Kier molecular flexibility index (Phi) is 3.76. The van der Waals surface area contributed by atoms with E-state index in [9.17, 15) is 0 Å². The number of nitrogens with zero attached hydrogens (tertiary/aromatic N) is 1. The summed E-state index contributed by atoms with van der Waals surface area (Å²) in [5, 5.41) is 0. The highest BCUT2D eigenvalue weighted by molar-refractivity contribution is 5.01. The predicted octanol–water partition coefficient (Wildman–Crippen LogP) is 0.0998. The van der Waals surface area contributed by atoms with E-state index in [1.54, 1.807) is 7.11 Å². The normalized spacial score (nSPS) is 10.5. The molecule has 1 heterocycles. The summed E-state index contributed by atoms with van der Waals surface area (Å²) in [7, 11) is 1.68. The van der Waals surface area contributed by atoms with E-state index in [1.807, 2.05) is 6.20 Å². The first-order chi connectivity index (χ1) is 5.86. The lowest BCUT2D eigenvalue weighted by molar-refractivity contribution is 0.200. The number of nitrogens with two attached hydrogens (primary N) is 1. The molecule has 1 rings (SSSR count). The van der Waals surface area contributed by atoms with Crippen LogP contribution in [0.25, 0.3) is 0 Å². The molecule has 0 spiro atoms. The number of nitrogens with one attached hydrogen (secondary N) is 1. The molecule has 0 aliphatic carbocycles. The Balaban J connectivity index is 2.41. The zero-order valence-electron chi connectivity index (χ0n) is 7.34. The molecule has 1 aromatic heterocycles. The summed E-state index contributed by atoms with van der Waals surface area (Å²) in [6.45, 7) is 1.36. The van der Waals surface area contributed by atoms with Crippen LogP contribution in [-0.2, 0) is 17.6 Å². The van der Waals surface area contributed by atoms with Gasteiger partial charge in [-0.3, -0.25) is 0 Å². The number of methoxy groups -OCH3 is 1. The topological polar surface area (TPSA) is 63.9 Å². The highest BCUT2D eigenvalue weighted by atomic mass is 16.5. The number of H-pyrrole nitrogens is 1. The SMILES string of the molecule is COCCc1ncc(CCN)[nH]1. The molecule has 1 aromatic rings. The molecule has 0 atom stereocenters. The lowest BCUT2D eigenvalue weighted by atomic mass is 10.3. The van der Waals surface area contributed by atoms with E-state index in [1.165, 1.54) is 0 Å². The van der Waals surface area contributed by atoms with E-state index in [4.69, 9.17) is 10.5 Å². The first-order valence-electron chi connectivity index (χ1n) is 4.08. The lowest BCUT2D eigenvalue weighted by Gasteiger charge is -1.94. The smallest absolute Gasteiger partial charge is 0.108 e. The first-order valence-corrected chi connectivity index (χ1v) is 4.08. The number of ether oxygens (including phenoxy) is 1. The molecule has 0 saturated carbocycles. The maximum absolute atomic E-state index is 5.40. The molecule has 0 radical (unpaired) electrons. The molecule has 3 N–H and O–H groups in total. The van der Waals surface area contributed by atoms with Crippen LogP contribution >= 0.6 is 0 Å². The van der Waals surface area contributed by atoms with Crippen molar-refractivity contribution in [2.24, 2.45) is 5.73 Å². The molecule has 0 aliphatic heterocycles. The molecular formula is C8H15N3O. The molecule has 0 aromatic carbocycles. The van der Waals surface area contributed by atoms with E-state index < -0.39 is 0 Å². The van der Waals surface area contributed by atoms with Crippen LogP contribution in [0.2, 0.25) is 0 Å². The van der Waals surface area contributed by atoms with Gasteiger partial charge in [0, 0.05) is 31.8 Å². The van der Waals surface area contributed by atoms with E-state index >= 15 is 0 Å². The minimum Gasteiger partial charge on any atom is -0.384 e. The van der Waals surface area contributed by atoms with Gasteiger partial charge in [0.1, 0.15) is 5.82 Å². The summed E-state index contributed by atoms with van der Waals surface area (Å²) in [6.07, 6.45) is 3.53. The number of hydrogen-bond donors (Lipinski definition) is 2. The van der Waals surface area contributed by atoms with Gasteiger partial charge in [-0.2, -0.15) is 0 Å². The van der Waals surface area contributed by atoms with Crippen molar-refractivity contribution in [1.82, 2.24) is 9.97 Å². The second kappa shape index (κ2) is 4.90. The molecule has 12 heavy (non-hydrogen) atoms. The molecular weight excluding hydrogens is 154 g/mol. The minimum absolute atomic E-state index is 0.659. The largest absolute Gasteiger partial charge is 0.384 e. The van der Waals surface area contributed by atoms with Crippen molar-refractivity contribution in [2.45, 2.75) is 12.8 Å². The Morgan fingerprint density at radius 1 is 1.58 bits per heavy atom. The summed E-state index contributed by atoms with van der Waals surface area (Å²) in [6, 6.07) is 0. The summed E-state index contributed by atoms with van der Waals surface area (Å²) in [5.41, 5.74) is 6.50. The van der Waals surface area contributed by atoms with Crippen LogP contribution in [0.5, 0.6) is 0 Å². The van der Waals surface area contributed by atoms with Crippen molar-refractivity contribution in [3.63, 3.8) is 0 Å². The van der Waals surface area contributed by atoms with Crippen LogP contribution in [0.1, 0.15) is 11.5 Å². The summed E-state index contributed by atoms with van der Waals surface area (Å²) in [4.78, 5) is 7.36. The van der Waals surface area contributed by atoms with E-state index in [0.29, 0.717) is 13.2 Å². The molecule has 0 fully saturated rings. The van der Waals surface area contributed by atoms with E-state index in [0.717, 1.165) is 24.4 Å². The van der Waals surface area contributed by atoms with Crippen molar-refractivity contribution in [3.05, 3.63) is 17.7 Å². The van der Waals surface area contributed by atoms with Crippen molar-refractivity contribution in [1.29, 1.82) is 0 Å². The highest BCUT2D eigenvalue weighted by Gasteiger charge is 1.98. The monoisotopic (exact) mass is 169 g/mol. The molecule has 0 amide bonds. The summed E-state index contributed by atoms with van der Waals surface area (Å²) in [5.74, 6) is 0.973. The number of rotatable bonds is 5. The number of imidazole rings is 1. The molecule has 4 heteroatoms. The maximum Gasteiger partial charge on any atom is 0.108 e. The van der Waals surface area contributed by atoms with Gasteiger partial charge in [-0.15, -0.1) is 0 Å². The Hall–Kier alpha value is -0.870. The fourth-order valence-corrected chi connectivity index (χ4v) is 1.01. The molecule has 0 aliphatic rings. The van der Waals surface area contributed by atoms with E-state index in [2.05, 4.69) is 9.97 Å². The van der Waals surface area contributed by atoms with Gasteiger partial charge in [-0.05, 0) is 6.54 Å². The maximum atomic E-state index is 5.40. The minimum atomic E-state index is 0.659. The Morgan fingerprint density at radius 2 is 2.42 bits per heavy atom. The second-order valence-corrected chi connectivity index (χ2v) is 2.64. The third kappa shape index (κ3) is 2.64. The van der Waals surface area contributed by atoms with Crippen molar-refractivity contribution < 1.29 is 4.74 Å². The van der Waals surface area contributed by atoms with Gasteiger partial charge in [-0.1, -0.05) is 0 Å². The fourth-order valence-electron chi connectivity index (χ4n) is 1.01. The van der Waals surface area contributed by atoms with Gasteiger partial charge in [0.25, 0.3) is 0 Å². The van der Waals surface area contributed by atoms with Crippen molar-refractivity contribution in [2.75, 3.05) is 20.3 Å². The highest BCUT2D eigenvalue weighted by Crippen LogP contribution is 1.98. The molecule has 0 saturated heterocycles. The van der Waals surface area contributed by atoms with Crippen molar-refractivity contribution >= 4 is 0 Å². The van der Waals surface area contributed by atoms with Gasteiger partial charge in [0.05, 0.1) is 6.61 Å².